The summed E-state index contributed by atoms with van der Waals surface area (Å²) in [5.74, 6) is -0.211. The minimum Gasteiger partial charge on any atom is -0.467 e. The molecule has 88 valence electrons. The van der Waals surface area contributed by atoms with E-state index in [0.717, 1.165) is 23.9 Å². The monoisotopic (exact) mass is 250 g/mol. The van der Waals surface area contributed by atoms with Gasteiger partial charge in [0.25, 0.3) is 0 Å². The van der Waals surface area contributed by atoms with E-state index in [1.807, 2.05) is 16.8 Å². The molecule has 1 fully saturated rings. The van der Waals surface area contributed by atoms with Gasteiger partial charge in [-0.1, -0.05) is 11.6 Å². The number of hydrogen-bond donors (Lipinski definition) is 0. The largest absolute Gasteiger partial charge is 0.467 e. The lowest BCUT2D eigenvalue weighted by Crippen LogP contribution is -2.28. The van der Waals surface area contributed by atoms with Crippen molar-refractivity contribution in [3.05, 3.63) is 29.5 Å². The van der Waals surface area contributed by atoms with Gasteiger partial charge in [0, 0.05) is 17.8 Å². The van der Waals surface area contributed by atoms with Crippen molar-refractivity contribution in [3.63, 3.8) is 0 Å². The van der Waals surface area contributed by atoms with E-state index in [2.05, 4.69) is 4.98 Å². The van der Waals surface area contributed by atoms with Gasteiger partial charge >= 0.3 is 5.97 Å². The van der Waals surface area contributed by atoms with Gasteiger partial charge in [-0.3, -0.25) is 0 Å². The second-order valence-electron chi connectivity index (χ2n) is 4.24. The molecule has 0 bridgehead atoms. The molecule has 0 atom stereocenters. The van der Waals surface area contributed by atoms with Crippen LogP contribution in [0, 0.1) is 0 Å². The molecular weight excluding hydrogens is 240 g/mol. The molecule has 2 heterocycles. The maximum absolute atomic E-state index is 11.8. The van der Waals surface area contributed by atoms with Crippen molar-refractivity contribution < 1.29 is 9.53 Å². The summed E-state index contributed by atoms with van der Waals surface area (Å²) in [5.41, 5.74) is 0.175. The molecule has 0 radical (unpaired) electrons. The Bertz CT molecular complexity index is 602. The number of carbonyl (C=O) groups excluding carboxylic acids is 1. The molecule has 0 N–H and O–H groups in total. The summed E-state index contributed by atoms with van der Waals surface area (Å²) >= 11 is 6.08. The van der Waals surface area contributed by atoms with E-state index in [0.29, 0.717) is 5.02 Å². The smallest absolute Gasteiger partial charge is 0.332 e. The molecular formula is C12H11ClN2O2. The normalized spacial score (nSPS) is 17.1. The van der Waals surface area contributed by atoms with Gasteiger partial charge in [0.1, 0.15) is 11.2 Å². The van der Waals surface area contributed by atoms with E-state index in [1.165, 1.54) is 7.11 Å². The Morgan fingerprint density at radius 1 is 1.53 bits per heavy atom. The van der Waals surface area contributed by atoms with Crippen molar-refractivity contribution in [1.82, 2.24) is 9.55 Å². The zero-order valence-electron chi connectivity index (χ0n) is 9.31. The van der Waals surface area contributed by atoms with E-state index in [9.17, 15) is 4.79 Å². The molecule has 0 amide bonds. The van der Waals surface area contributed by atoms with Crippen LogP contribution in [0.5, 0.6) is 0 Å². The van der Waals surface area contributed by atoms with Crippen LogP contribution in [0.25, 0.3) is 11.0 Å². The number of ether oxygens (including phenoxy) is 1. The number of carbonyl (C=O) groups is 1. The number of methoxy groups -OCH3 is 1. The summed E-state index contributed by atoms with van der Waals surface area (Å²) in [6, 6.07) is 3.62. The first-order chi connectivity index (χ1) is 8.19. The van der Waals surface area contributed by atoms with Crippen molar-refractivity contribution >= 4 is 28.6 Å². The number of hydrogen-bond acceptors (Lipinski definition) is 3. The highest BCUT2D eigenvalue weighted by Gasteiger charge is 2.53. The topological polar surface area (TPSA) is 44.1 Å². The third-order valence-electron chi connectivity index (χ3n) is 3.28. The Kier molecular flexibility index (Phi) is 2.16. The maximum atomic E-state index is 11.8. The number of pyridine rings is 1. The lowest BCUT2D eigenvalue weighted by molar-refractivity contribution is -0.146. The van der Waals surface area contributed by atoms with Crippen LogP contribution >= 0.6 is 11.6 Å². The summed E-state index contributed by atoms with van der Waals surface area (Å²) in [5, 5.41) is 1.51. The molecule has 5 heteroatoms. The van der Waals surface area contributed by atoms with E-state index in [-0.39, 0.29) is 5.97 Å². The Balaban J connectivity index is 2.19. The van der Waals surface area contributed by atoms with E-state index < -0.39 is 5.54 Å². The van der Waals surface area contributed by atoms with Crippen LogP contribution in [0.4, 0.5) is 0 Å². The van der Waals surface area contributed by atoms with Gasteiger partial charge in [0.2, 0.25) is 0 Å². The zero-order chi connectivity index (χ0) is 12.0. The minimum atomic E-state index is -0.561. The first-order valence-corrected chi connectivity index (χ1v) is 5.77. The van der Waals surface area contributed by atoms with Crippen LogP contribution < -0.4 is 0 Å². The molecule has 3 rings (SSSR count). The van der Waals surface area contributed by atoms with Gasteiger partial charge in [-0.25, -0.2) is 9.78 Å². The van der Waals surface area contributed by atoms with Crippen LogP contribution in [-0.2, 0) is 15.1 Å². The summed E-state index contributed by atoms with van der Waals surface area (Å²) in [4.78, 5) is 16.1. The second kappa shape index (κ2) is 3.47. The van der Waals surface area contributed by atoms with Crippen LogP contribution in [-0.4, -0.2) is 22.6 Å². The fourth-order valence-electron chi connectivity index (χ4n) is 2.20. The lowest BCUT2D eigenvalue weighted by Gasteiger charge is -2.15. The van der Waals surface area contributed by atoms with Crippen molar-refractivity contribution in [3.8, 4) is 0 Å². The predicted octanol–water partition coefficient (Wildman–Crippen LogP) is 2.35. The lowest BCUT2D eigenvalue weighted by atomic mass is 10.2. The fraction of sp³-hybridized carbons (Fsp3) is 0.333. The Labute approximate surface area is 103 Å². The number of fused-ring (bicyclic) bond motifs is 1. The zero-order valence-corrected chi connectivity index (χ0v) is 10.1. The van der Waals surface area contributed by atoms with Gasteiger partial charge in [-0.15, -0.1) is 0 Å². The highest BCUT2D eigenvalue weighted by molar-refractivity contribution is 6.35. The SMILES string of the molecule is COC(=O)C1(n2ccc3c(Cl)ccnc32)CC1. The van der Waals surface area contributed by atoms with Crippen LogP contribution in [0.1, 0.15) is 12.8 Å². The predicted molar refractivity (Wildman–Crippen MR) is 64.0 cm³/mol. The highest BCUT2D eigenvalue weighted by atomic mass is 35.5. The van der Waals surface area contributed by atoms with Gasteiger partial charge < -0.3 is 9.30 Å². The first kappa shape index (κ1) is 10.6. The van der Waals surface area contributed by atoms with Crippen LogP contribution in [0.2, 0.25) is 5.02 Å². The number of esters is 1. The quantitative estimate of drug-likeness (QED) is 0.769. The maximum Gasteiger partial charge on any atom is 0.332 e. The molecule has 0 spiro atoms. The third kappa shape index (κ3) is 1.37. The summed E-state index contributed by atoms with van der Waals surface area (Å²) in [6.07, 6.45) is 5.08. The van der Waals surface area contributed by atoms with Crippen LogP contribution in [0.15, 0.2) is 24.5 Å². The summed E-state index contributed by atoms with van der Waals surface area (Å²) in [7, 11) is 1.41. The molecule has 0 aliphatic heterocycles. The van der Waals surface area contributed by atoms with Crippen molar-refractivity contribution in [1.29, 1.82) is 0 Å². The molecule has 1 saturated carbocycles. The number of nitrogens with zero attached hydrogens (tertiary/aromatic N) is 2. The minimum absolute atomic E-state index is 0.211. The van der Waals surface area contributed by atoms with Gasteiger partial charge in [-0.2, -0.15) is 0 Å². The Morgan fingerprint density at radius 3 is 2.94 bits per heavy atom. The van der Waals surface area contributed by atoms with Crippen molar-refractivity contribution in [2.45, 2.75) is 18.4 Å². The molecule has 2 aromatic heterocycles. The molecule has 1 aliphatic carbocycles. The highest BCUT2D eigenvalue weighted by Crippen LogP contribution is 2.46. The van der Waals surface area contributed by atoms with Crippen LogP contribution in [0.3, 0.4) is 0 Å². The second-order valence-corrected chi connectivity index (χ2v) is 4.65. The molecule has 4 nitrogen and oxygen atoms in total. The first-order valence-electron chi connectivity index (χ1n) is 5.39. The third-order valence-corrected chi connectivity index (χ3v) is 3.61. The number of rotatable bonds is 2. The van der Waals surface area contributed by atoms with E-state index in [4.69, 9.17) is 16.3 Å². The number of halogens is 1. The standard InChI is InChI=1S/C12H11ClN2O2/c1-17-11(16)12(4-5-12)15-7-3-8-9(13)2-6-14-10(8)15/h2-3,6-7H,4-5H2,1H3. The Morgan fingerprint density at radius 2 is 2.29 bits per heavy atom. The van der Waals surface area contributed by atoms with Gasteiger partial charge in [-0.05, 0) is 25.0 Å². The average Bonchev–Trinajstić information content (AvgIpc) is 3.02. The summed E-state index contributed by atoms with van der Waals surface area (Å²) in [6.45, 7) is 0. The molecule has 1 aliphatic rings. The van der Waals surface area contributed by atoms with E-state index >= 15 is 0 Å². The summed E-state index contributed by atoms with van der Waals surface area (Å²) < 4.78 is 6.73. The molecule has 0 saturated heterocycles. The fourth-order valence-corrected chi connectivity index (χ4v) is 2.41. The van der Waals surface area contributed by atoms with Gasteiger partial charge in [0.05, 0.1) is 12.1 Å². The molecule has 2 aromatic rings. The van der Waals surface area contributed by atoms with Crippen molar-refractivity contribution in [2.24, 2.45) is 0 Å². The van der Waals surface area contributed by atoms with E-state index in [1.54, 1.807) is 12.3 Å². The Hall–Kier alpha value is -1.55. The average molecular weight is 251 g/mol. The van der Waals surface area contributed by atoms with Gasteiger partial charge in [0.15, 0.2) is 0 Å². The molecule has 0 unspecified atom stereocenters. The molecule has 0 aromatic carbocycles. The number of aromatic nitrogens is 2. The van der Waals surface area contributed by atoms with Crippen molar-refractivity contribution in [2.75, 3.05) is 7.11 Å². The molecule has 17 heavy (non-hydrogen) atoms.